The monoisotopic (exact) mass is 312 g/mol. The van der Waals surface area contributed by atoms with Gasteiger partial charge in [0.2, 0.25) is 0 Å². The molecule has 0 atom stereocenters. The normalized spacial score (nSPS) is 16.2. The van der Waals surface area contributed by atoms with E-state index in [1.807, 2.05) is 61.5 Å². The Balaban J connectivity index is 1.89. The zero-order valence-electron chi connectivity index (χ0n) is 12.1. The summed E-state index contributed by atoms with van der Waals surface area (Å²) in [4.78, 5) is 0. The molecular weight excluding hydrogens is 296 g/mol. The molecule has 2 aromatic rings. The maximum absolute atomic E-state index is 12.1. The number of para-hydroxylation sites is 1. The van der Waals surface area contributed by atoms with Gasteiger partial charge in [-0.3, -0.25) is 0 Å². The average molecular weight is 312 g/mol. The molecule has 1 aliphatic rings. The zero-order chi connectivity index (χ0) is 15.6. The number of anilines is 1. The molecule has 2 aromatic carbocycles. The van der Waals surface area contributed by atoms with Crippen LogP contribution in [0.15, 0.2) is 71.2 Å². The Morgan fingerprint density at radius 3 is 2.27 bits per heavy atom. The number of nitrogens with one attached hydrogen (secondary N) is 2. The number of hydrogen-bond acceptors (Lipinski definition) is 4. The topological polar surface area (TPSA) is 58.2 Å². The first-order valence-electron chi connectivity index (χ1n) is 6.86. The number of hydrogen-bond donors (Lipinski definition) is 2. The lowest BCUT2D eigenvalue weighted by Crippen LogP contribution is -2.23. The summed E-state index contributed by atoms with van der Waals surface area (Å²) in [6, 6.07) is 17.1. The van der Waals surface area contributed by atoms with Gasteiger partial charge in [-0.25, -0.2) is 8.42 Å². The molecule has 3 rings (SSSR count). The highest BCUT2D eigenvalue weighted by Gasteiger charge is 2.17. The Morgan fingerprint density at radius 1 is 0.909 bits per heavy atom. The molecule has 112 valence electrons. The number of aryl methyl sites for hydroxylation is 1. The molecule has 2 N–H and O–H groups in total. The SMILES string of the molecule is Cc1ccc(C2=CS(=O)(=O)C=C(Nc3ccccc3)N2)cc1. The fraction of sp³-hybridized carbons (Fsp3) is 0.0588. The van der Waals surface area contributed by atoms with Gasteiger partial charge in [0.15, 0.2) is 9.84 Å². The molecule has 0 spiro atoms. The summed E-state index contributed by atoms with van der Waals surface area (Å²) in [7, 11) is -3.41. The van der Waals surface area contributed by atoms with Crippen molar-refractivity contribution in [3.05, 3.63) is 82.4 Å². The second kappa shape index (κ2) is 5.69. The van der Waals surface area contributed by atoms with Crippen LogP contribution in [0.1, 0.15) is 11.1 Å². The summed E-state index contributed by atoms with van der Waals surface area (Å²) < 4.78 is 24.1. The minimum absolute atomic E-state index is 0.435. The minimum Gasteiger partial charge on any atom is -0.341 e. The minimum atomic E-state index is -3.41. The van der Waals surface area contributed by atoms with Gasteiger partial charge >= 0.3 is 0 Å². The van der Waals surface area contributed by atoms with Crippen LogP contribution < -0.4 is 10.6 Å². The van der Waals surface area contributed by atoms with Crippen molar-refractivity contribution in [2.24, 2.45) is 0 Å². The maximum Gasteiger partial charge on any atom is 0.198 e. The predicted molar refractivity (Wildman–Crippen MR) is 89.4 cm³/mol. The van der Waals surface area contributed by atoms with Crippen LogP contribution in [-0.2, 0) is 9.84 Å². The van der Waals surface area contributed by atoms with E-state index in [9.17, 15) is 8.42 Å². The van der Waals surface area contributed by atoms with E-state index in [2.05, 4.69) is 10.6 Å². The van der Waals surface area contributed by atoms with Crippen molar-refractivity contribution in [3.8, 4) is 0 Å². The molecule has 0 radical (unpaired) electrons. The fourth-order valence-corrected chi connectivity index (χ4v) is 3.22. The summed E-state index contributed by atoms with van der Waals surface area (Å²) >= 11 is 0. The second-order valence-electron chi connectivity index (χ2n) is 5.13. The van der Waals surface area contributed by atoms with Crippen LogP contribution in [0.4, 0.5) is 5.69 Å². The van der Waals surface area contributed by atoms with Crippen molar-refractivity contribution < 1.29 is 8.42 Å². The molecule has 1 aliphatic heterocycles. The van der Waals surface area contributed by atoms with Gasteiger partial charge in [0, 0.05) is 5.69 Å². The first-order chi connectivity index (χ1) is 10.5. The second-order valence-corrected chi connectivity index (χ2v) is 6.78. The van der Waals surface area contributed by atoms with Crippen molar-refractivity contribution >= 4 is 21.2 Å². The van der Waals surface area contributed by atoms with Gasteiger partial charge in [0.25, 0.3) is 0 Å². The molecule has 0 amide bonds. The quantitative estimate of drug-likeness (QED) is 0.913. The van der Waals surface area contributed by atoms with Crippen LogP contribution in [0, 0.1) is 6.92 Å². The molecule has 0 unspecified atom stereocenters. The van der Waals surface area contributed by atoms with Gasteiger partial charge in [-0.2, -0.15) is 0 Å². The Kier molecular flexibility index (Phi) is 3.73. The number of sulfone groups is 1. The van der Waals surface area contributed by atoms with Crippen molar-refractivity contribution in [1.29, 1.82) is 0 Å². The highest BCUT2D eigenvalue weighted by atomic mass is 32.2. The summed E-state index contributed by atoms with van der Waals surface area (Å²) in [5.74, 6) is 0.435. The van der Waals surface area contributed by atoms with Gasteiger partial charge in [0.05, 0.1) is 16.5 Å². The molecule has 0 aromatic heterocycles. The largest absolute Gasteiger partial charge is 0.341 e. The first-order valence-corrected chi connectivity index (χ1v) is 8.47. The first kappa shape index (κ1) is 14.4. The van der Waals surface area contributed by atoms with Gasteiger partial charge in [-0.05, 0) is 24.6 Å². The number of rotatable bonds is 3. The van der Waals surface area contributed by atoms with E-state index in [1.54, 1.807) is 0 Å². The van der Waals surface area contributed by atoms with E-state index in [1.165, 1.54) is 10.8 Å². The van der Waals surface area contributed by atoms with Gasteiger partial charge in [-0.1, -0.05) is 48.0 Å². The maximum atomic E-state index is 12.1. The Hall–Kier alpha value is -2.53. The average Bonchev–Trinajstić information content (AvgIpc) is 2.47. The van der Waals surface area contributed by atoms with Crippen molar-refractivity contribution in [1.82, 2.24) is 5.32 Å². The highest BCUT2D eigenvalue weighted by Crippen LogP contribution is 2.21. The molecule has 0 saturated heterocycles. The Bertz CT molecular complexity index is 836. The van der Waals surface area contributed by atoms with Gasteiger partial charge in [-0.15, -0.1) is 0 Å². The molecule has 4 nitrogen and oxygen atoms in total. The molecule has 0 fully saturated rings. The smallest absolute Gasteiger partial charge is 0.198 e. The molecule has 22 heavy (non-hydrogen) atoms. The molecular formula is C17H16N2O2S. The van der Waals surface area contributed by atoms with E-state index >= 15 is 0 Å². The molecule has 5 heteroatoms. The van der Waals surface area contributed by atoms with E-state index in [0.29, 0.717) is 11.5 Å². The van der Waals surface area contributed by atoms with Crippen molar-refractivity contribution in [3.63, 3.8) is 0 Å². The standard InChI is InChI=1S/C17H16N2O2S/c1-13-7-9-14(10-8-13)16-11-22(20,21)12-17(19-16)18-15-5-3-2-4-6-15/h2-12,18-19H,1H3. The van der Waals surface area contributed by atoms with E-state index in [0.717, 1.165) is 16.8 Å². The van der Waals surface area contributed by atoms with E-state index in [-0.39, 0.29) is 0 Å². The third-order valence-corrected chi connectivity index (χ3v) is 4.38. The molecule has 0 bridgehead atoms. The molecule has 0 aliphatic carbocycles. The van der Waals surface area contributed by atoms with E-state index < -0.39 is 9.84 Å². The Morgan fingerprint density at radius 2 is 1.59 bits per heavy atom. The highest BCUT2D eigenvalue weighted by molar-refractivity contribution is 7.97. The predicted octanol–water partition coefficient (Wildman–Crippen LogP) is 3.22. The van der Waals surface area contributed by atoms with E-state index in [4.69, 9.17) is 0 Å². The van der Waals surface area contributed by atoms with Crippen LogP contribution in [0.2, 0.25) is 0 Å². The van der Waals surface area contributed by atoms with Gasteiger partial charge < -0.3 is 10.6 Å². The lowest BCUT2D eigenvalue weighted by molar-refractivity contribution is 0.611. The van der Waals surface area contributed by atoms with Crippen LogP contribution in [-0.4, -0.2) is 8.42 Å². The van der Waals surface area contributed by atoms with Gasteiger partial charge in [0.1, 0.15) is 5.82 Å². The fourth-order valence-electron chi connectivity index (χ4n) is 2.18. The lowest BCUT2D eigenvalue weighted by Gasteiger charge is -2.19. The van der Waals surface area contributed by atoms with Crippen LogP contribution in [0.5, 0.6) is 0 Å². The van der Waals surface area contributed by atoms with Crippen LogP contribution in [0.25, 0.3) is 5.70 Å². The summed E-state index contributed by atoms with van der Waals surface area (Å²) in [5.41, 5.74) is 3.33. The third kappa shape index (κ3) is 3.38. The molecule has 0 saturated carbocycles. The molecule has 1 heterocycles. The van der Waals surface area contributed by atoms with Crippen LogP contribution >= 0.6 is 0 Å². The Labute approximate surface area is 130 Å². The summed E-state index contributed by atoms with van der Waals surface area (Å²) in [5, 5.41) is 8.64. The third-order valence-electron chi connectivity index (χ3n) is 3.25. The van der Waals surface area contributed by atoms with Crippen molar-refractivity contribution in [2.75, 3.05) is 5.32 Å². The van der Waals surface area contributed by atoms with Crippen LogP contribution in [0.3, 0.4) is 0 Å². The number of benzene rings is 2. The van der Waals surface area contributed by atoms with Crippen molar-refractivity contribution in [2.45, 2.75) is 6.92 Å². The lowest BCUT2D eigenvalue weighted by atomic mass is 10.1. The summed E-state index contributed by atoms with van der Waals surface area (Å²) in [6.45, 7) is 1.99. The zero-order valence-corrected chi connectivity index (χ0v) is 12.9. The summed E-state index contributed by atoms with van der Waals surface area (Å²) in [6.07, 6.45) is 0.